The Morgan fingerprint density at radius 2 is 1.93 bits per heavy atom. The minimum Gasteiger partial charge on any atom is -0.495 e. The highest BCUT2D eigenvalue weighted by molar-refractivity contribution is 6.32. The predicted octanol–water partition coefficient (Wildman–Crippen LogP) is 4.75. The van der Waals surface area contributed by atoms with Crippen molar-refractivity contribution in [1.82, 2.24) is 5.43 Å². The maximum Gasteiger partial charge on any atom is 0.277 e. The average Bonchev–Trinajstić information content (AvgIpc) is 3.16. The van der Waals surface area contributed by atoms with E-state index in [1.807, 2.05) is 38.1 Å². The van der Waals surface area contributed by atoms with Crippen molar-refractivity contribution in [2.24, 2.45) is 5.10 Å². The lowest BCUT2D eigenvalue weighted by molar-refractivity contribution is -0.123. The second-order valence-corrected chi connectivity index (χ2v) is 6.76. The van der Waals surface area contributed by atoms with Crippen molar-refractivity contribution in [1.29, 1.82) is 0 Å². The number of hydrogen-bond donors (Lipinski definition) is 1. The van der Waals surface area contributed by atoms with Gasteiger partial charge in [-0.2, -0.15) is 5.10 Å². The van der Waals surface area contributed by atoms with E-state index in [1.165, 1.54) is 6.21 Å². The predicted molar refractivity (Wildman–Crippen MR) is 113 cm³/mol. The van der Waals surface area contributed by atoms with E-state index >= 15 is 0 Å². The van der Waals surface area contributed by atoms with Crippen LogP contribution in [0.5, 0.6) is 11.5 Å². The van der Waals surface area contributed by atoms with Crippen molar-refractivity contribution in [2.75, 3.05) is 13.7 Å². The van der Waals surface area contributed by atoms with Gasteiger partial charge in [-0.15, -0.1) is 0 Å². The van der Waals surface area contributed by atoms with E-state index in [4.69, 9.17) is 25.5 Å². The normalized spacial score (nSPS) is 10.9. The molecule has 0 saturated heterocycles. The summed E-state index contributed by atoms with van der Waals surface area (Å²) in [4.78, 5) is 11.9. The van der Waals surface area contributed by atoms with Crippen LogP contribution in [0.15, 0.2) is 58.0 Å². The maximum absolute atomic E-state index is 11.9. The van der Waals surface area contributed by atoms with E-state index < -0.39 is 0 Å². The average molecular weight is 413 g/mol. The molecule has 150 valence electrons. The molecule has 6 nitrogen and oxygen atoms in total. The van der Waals surface area contributed by atoms with Crippen molar-refractivity contribution in [2.45, 2.75) is 13.8 Å². The first-order valence-electron chi connectivity index (χ1n) is 8.92. The molecule has 1 amide bonds. The highest BCUT2D eigenvalue weighted by Gasteiger charge is 2.08. The number of benzene rings is 2. The Kier molecular flexibility index (Phi) is 6.57. The van der Waals surface area contributed by atoms with Gasteiger partial charge in [0, 0.05) is 5.56 Å². The number of hydrazone groups is 1. The molecule has 0 bridgehead atoms. The first kappa shape index (κ1) is 20.5. The molecule has 0 fully saturated rings. The third kappa shape index (κ3) is 5.18. The molecule has 0 saturated carbocycles. The molecule has 0 atom stereocenters. The van der Waals surface area contributed by atoms with Crippen molar-refractivity contribution < 1.29 is 18.7 Å². The minimum atomic E-state index is -0.363. The van der Waals surface area contributed by atoms with Crippen LogP contribution in [0.4, 0.5) is 0 Å². The number of ether oxygens (including phenoxy) is 2. The molecule has 1 aromatic heterocycles. The summed E-state index contributed by atoms with van der Waals surface area (Å²) >= 11 is 6.15. The standard InChI is InChI=1S/C22H21ClN2O4/c1-14-5-4-6-15(2)22(14)28-13-21(26)25-24-12-17-8-10-19(29-17)16-7-9-20(27-3)18(23)11-16/h4-12H,13H2,1-3H3,(H,25,26)/b24-12-. The fraction of sp³-hybridized carbons (Fsp3) is 0.182. The van der Waals surface area contributed by atoms with Gasteiger partial charge >= 0.3 is 0 Å². The summed E-state index contributed by atoms with van der Waals surface area (Å²) in [5, 5.41) is 4.40. The molecule has 7 heteroatoms. The van der Waals surface area contributed by atoms with Gasteiger partial charge < -0.3 is 13.9 Å². The molecule has 0 aliphatic heterocycles. The molecule has 1 heterocycles. The lowest BCUT2D eigenvalue weighted by Gasteiger charge is -2.10. The molecule has 0 aliphatic carbocycles. The molecule has 0 spiro atoms. The number of nitrogens with zero attached hydrogens (tertiary/aromatic N) is 1. The van der Waals surface area contributed by atoms with Crippen LogP contribution in [0.2, 0.25) is 5.02 Å². The molecule has 0 aliphatic rings. The summed E-state index contributed by atoms with van der Waals surface area (Å²) in [5.41, 5.74) is 5.18. The van der Waals surface area contributed by atoms with E-state index in [9.17, 15) is 4.79 Å². The number of amides is 1. The van der Waals surface area contributed by atoms with Crippen molar-refractivity contribution >= 4 is 23.7 Å². The number of nitrogens with one attached hydrogen (secondary N) is 1. The number of halogens is 1. The Morgan fingerprint density at radius 1 is 1.17 bits per heavy atom. The van der Waals surface area contributed by atoms with E-state index in [0.29, 0.717) is 28.0 Å². The Labute approximate surface area is 174 Å². The molecular weight excluding hydrogens is 392 g/mol. The summed E-state index contributed by atoms with van der Waals surface area (Å²) < 4.78 is 16.4. The van der Waals surface area contributed by atoms with Gasteiger partial charge in [0.15, 0.2) is 6.61 Å². The number of furan rings is 1. The van der Waals surface area contributed by atoms with Crippen LogP contribution in [0.25, 0.3) is 11.3 Å². The van der Waals surface area contributed by atoms with Gasteiger partial charge in [-0.1, -0.05) is 29.8 Å². The second-order valence-electron chi connectivity index (χ2n) is 6.35. The number of carbonyl (C=O) groups is 1. The first-order chi connectivity index (χ1) is 14.0. The van der Waals surface area contributed by atoms with Crippen LogP contribution in [0.1, 0.15) is 16.9 Å². The maximum atomic E-state index is 11.9. The Balaban J connectivity index is 1.56. The lowest BCUT2D eigenvalue weighted by atomic mass is 10.1. The fourth-order valence-electron chi connectivity index (χ4n) is 2.76. The molecule has 1 N–H and O–H groups in total. The highest BCUT2D eigenvalue weighted by Crippen LogP contribution is 2.30. The molecule has 0 unspecified atom stereocenters. The minimum absolute atomic E-state index is 0.128. The first-order valence-corrected chi connectivity index (χ1v) is 9.30. The van der Waals surface area contributed by atoms with Crippen molar-refractivity contribution in [3.05, 3.63) is 70.4 Å². The highest BCUT2D eigenvalue weighted by atomic mass is 35.5. The topological polar surface area (TPSA) is 73.1 Å². The number of carbonyl (C=O) groups excluding carboxylic acids is 1. The van der Waals surface area contributed by atoms with Crippen LogP contribution in [0.3, 0.4) is 0 Å². The molecule has 29 heavy (non-hydrogen) atoms. The third-order valence-electron chi connectivity index (χ3n) is 4.20. The number of aryl methyl sites for hydroxylation is 2. The molecule has 3 aromatic rings. The zero-order chi connectivity index (χ0) is 20.8. The summed E-state index contributed by atoms with van der Waals surface area (Å²) in [6, 6.07) is 14.7. The SMILES string of the molecule is COc1ccc(-c2ccc(/C=N\NC(=O)COc3c(C)cccc3C)o2)cc1Cl. The van der Waals surface area contributed by atoms with E-state index in [0.717, 1.165) is 16.7 Å². The quantitative estimate of drug-likeness (QED) is 0.448. The Hall–Kier alpha value is -3.25. The third-order valence-corrected chi connectivity index (χ3v) is 4.50. The van der Waals surface area contributed by atoms with Gasteiger partial charge in [0.05, 0.1) is 18.3 Å². The van der Waals surface area contributed by atoms with Crippen molar-refractivity contribution in [3.8, 4) is 22.8 Å². The monoisotopic (exact) mass is 412 g/mol. The summed E-state index contributed by atoms with van der Waals surface area (Å²) in [5.74, 6) is 2.05. The van der Waals surface area contributed by atoms with E-state index in [2.05, 4.69) is 10.5 Å². The fourth-order valence-corrected chi connectivity index (χ4v) is 3.02. The molecule has 3 rings (SSSR count). The van der Waals surface area contributed by atoms with Crippen LogP contribution in [-0.4, -0.2) is 25.8 Å². The number of methoxy groups -OCH3 is 1. The van der Waals surface area contributed by atoms with Gasteiger partial charge in [0.2, 0.25) is 0 Å². The Morgan fingerprint density at radius 3 is 2.62 bits per heavy atom. The van der Waals surface area contributed by atoms with E-state index in [1.54, 1.807) is 31.4 Å². The van der Waals surface area contributed by atoms with Crippen LogP contribution in [-0.2, 0) is 4.79 Å². The largest absolute Gasteiger partial charge is 0.495 e. The van der Waals surface area contributed by atoms with E-state index in [-0.39, 0.29) is 12.5 Å². The number of para-hydroxylation sites is 1. The second kappa shape index (κ2) is 9.30. The molecule has 0 radical (unpaired) electrons. The zero-order valence-corrected chi connectivity index (χ0v) is 17.1. The number of rotatable bonds is 7. The Bertz CT molecular complexity index is 1020. The van der Waals surface area contributed by atoms with Crippen LogP contribution >= 0.6 is 11.6 Å². The van der Waals surface area contributed by atoms with Crippen molar-refractivity contribution in [3.63, 3.8) is 0 Å². The smallest absolute Gasteiger partial charge is 0.277 e. The summed E-state index contributed by atoms with van der Waals surface area (Å²) in [7, 11) is 1.56. The molecular formula is C22H21ClN2O4. The zero-order valence-electron chi connectivity index (χ0n) is 16.4. The van der Waals surface area contributed by atoms with Gasteiger partial charge in [-0.05, 0) is 55.3 Å². The molecule has 2 aromatic carbocycles. The lowest BCUT2D eigenvalue weighted by Crippen LogP contribution is -2.24. The van der Waals surface area contributed by atoms with Gasteiger partial charge in [-0.25, -0.2) is 5.43 Å². The van der Waals surface area contributed by atoms with Crippen LogP contribution in [0, 0.1) is 13.8 Å². The van der Waals surface area contributed by atoms with Gasteiger partial charge in [0.25, 0.3) is 5.91 Å². The number of hydrogen-bond acceptors (Lipinski definition) is 5. The summed E-state index contributed by atoms with van der Waals surface area (Å²) in [6.07, 6.45) is 1.42. The van der Waals surface area contributed by atoms with Gasteiger partial charge in [0.1, 0.15) is 23.0 Å². The summed E-state index contributed by atoms with van der Waals surface area (Å²) in [6.45, 7) is 3.74. The van der Waals surface area contributed by atoms with Gasteiger partial charge in [-0.3, -0.25) is 4.79 Å². The van der Waals surface area contributed by atoms with Crippen LogP contribution < -0.4 is 14.9 Å².